The summed E-state index contributed by atoms with van der Waals surface area (Å²) in [7, 11) is 0. The molecule has 21 heavy (non-hydrogen) atoms. The van der Waals surface area contributed by atoms with Gasteiger partial charge in [0.1, 0.15) is 5.00 Å². The van der Waals surface area contributed by atoms with Crippen molar-refractivity contribution < 1.29 is 14.7 Å². The second-order valence-electron chi connectivity index (χ2n) is 5.22. The lowest BCUT2D eigenvalue weighted by Crippen LogP contribution is -2.36. The summed E-state index contributed by atoms with van der Waals surface area (Å²) in [4.78, 5) is 26.3. The monoisotopic (exact) mass is 311 g/mol. The predicted octanol–water partition coefficient (Wildman–Crippen LogP) is 2.28. The molecule has 1 saturated heterocycles. The fourth-order valence-corrected chi connectivity index (χ4v) is 3.50. The lowest BCUT2D eigenvalue weighted by Gasteiger charge is -2.14. The summed E-state index contributed by atoms with van der Waals surface area (Å²) in [6.45, 7) is 7.19. The zero-order valence-electron chi connectivity index (χ0n) is 12.4. The van der Waals surface area contributed by atoms with E-state index in [0.29, 0.717) is 17.1 Å². The van der Waals surface area contributed by atoms with E-state index >= 15 is 0 Å². The normalized spacial score (nSPS) is 15.1. The van der Waals surface area contributed by atoms with E-state index in [2.05, 4.69) is 15.5 Å². The molecule has 0 unspecified atom stereocenters. The third-order valence-electron chi connectivity index (χ3n) is 3.74. The Balaban J connectivity index is 1.87. The minimum absolute atomic E-state index is 0.187. The Morgan fingerprint density at radius 1 is 1.29 bits per heavy atom. The highest BCUT2D eigenvalue weighted by atomic mass is 32.1. The van der Waals surface area contributed by atoms with Crippen molar-refractivity contribution in [3.63, 3.8) is 0 Å². The molecule has 0 aliphatic carbocycles. The molecule has 2 rings (SSSR count). The molecule has 3 N–H and O–H groups in total. The van der Waals surface area contributed by atoms with Crippen LogP contribution >= 0.6 is 11.3 Å². The molecule has 1 fully saturated rings. The van der Waals surface area contributed by atoms with Gasteiger partial charge in [0.05, 0.1) is 5.56 Å². The summed E-state index contributed by atoms with van der Waals surface area (Å²) in [5.41, 5.74) is 0.895. The first-order valence-corrected chi connectivity index (χ1v) is 7.91. The summed E-state index contributed by atoms with van der Waals surface area (Å²) < 4.78 is 0. The van der Waals surface area contributed by atoms with Crippen LogP contribution in [0.1, 0.15) is 33.6 Å². The van der Waals surface area contributed by atoms with E-state index in [1.807, 2.05) is 6.92 Å². The SMILES string of the molecule is Cc1sc(NC(=O)NCCN2CCCC2)c(C(=O)O)c1C. The van der Waals surface area contributed by atoms with Gasteiger partial charge in [-0.25, -0.2) is 9.59 Å². The number of carboxylic acids is 1. The van der Waals surface area contributed by atoms with Gasteiger partial charge in [0.15, 0.2) is 0 Å². The molecule has 6 nitrogen and oxygen atoms in total. The van der Waals surface area contributed by atoms with E-state index in [4.69, 9.17) is 0 Å². The predicted molar refractivity (Wildman–Crippen MR) is 83.4 cm³/mol. The van der Waals surface area contributed by atoms with Crippen molar-refractivity contribution >= 4 is 28.3 Å². The Labute approximate surface area is 128 Å². The number of carbonyl (C=O) groups is 2. The van der Waals surface area contributed by atoms with E-state index in [1.54, 1.807) is 6.92 Å². The number of anilines is 1. The molecule has 116 valence electrons. The second kappa shape index (κ2) is 6.91. The number of carboxylic acid groups (broad SMARTS) is 1. The number of aryl methyl sites for hydroxylation is 1. The van der Waals surface area contributed by atoms with Crippen molar-refractivity contribution in [2.75, 3.05) is 31.5 Å². The van der Waals surface area contributed by atoms with Crippen LogP contribution in [0.2, 0.25) is 0 Å². The zero-order valence-corrected chi connectivity index (χ0v) is 13.2. The fourth-order valence-electron chi connectivity index (χ4n) is 2.45. The Morgan fingerprint density at radius 3 is 2.57 bits per heavy atom. The lowest BCUT2D eigenvalue weighted by molar-refractivity contribution is 0.0697. The van der Waals surface area contributed by atoms with E-state index < -0.39 is 5.97 Å². The molecule has 0 atom stereocenters. The number of hydrogen-bond donors (Lipinski definition) is 3. The molecule has 0 saturated carbocycles. The number of aromatic carboxylic acids is 1. The van der Waals surface area contributed by atoms with Crippen molar-refractivity contribution in [2.24, 2.45) is 0 Å². The second-order valence-corrected chi connectivity index (χ2v) is 6.45. The van der Waals surface area contributed by atoms with Crippen LogP contribution in [-0.2, 0) is 0 Å². The number of urea groups is 1. The third-order valence-corrected chi connectivity index (χ3v) is 4.86. The molecular weight excluding hydrogens is 290 g/mol. The van der Waals surface area contributed by atoms with Gasteiger partial charge in [-0.1, -0.05) is 0 Å². The maximum atomic E-state index is 11.9. The molecule has 0 spiro atoms. The minimum Gasteiger partial charge on any atom is -0.478 e. The first-order valence-electron chi connectivity index (χ1n) is 7.09. The van der Waals surface area contributed by atoms with Crippen molar-refractivity contribution in [3.05, 3.63) is 16.0 Å². The average molecular weight is 311 g/mol. The van der Waals surface area contributed by atoms with Gasteiger partial charge < -0.3 is 15.3 Å². The van der Waals surface area contributed by atoms with Gasteiger partial charge in [0.25, 0.3) is 0 Å². The Hall–Kier alpha value is -1.60. The number of rotatable bonds is 5. The van der Waals surface area contributed by atoms with E-state index in [0.717, 1.165) is 24.5 Å². The average Bonchev–Trinajstić information content (AvgIpc) is 2.99. The molecule has 2 heterocycles. The quantitative estimate of drug-likeness (QED) is 0.779. The smallest absolute Gasteiger partial charge is 0.338 e. The number of carbonyl (C=O) groups excluding carboxylic acids is 1. The Morgan fingerprint density at radius 2 is 1.95 bits per heavy atom. The molecule has 1 aromatic rings. The van der Waals surface area contributed by atoms with Gasteiger partial charge in [-0.15, -0.1) is 11.3 Å². The van der Waals surface area contributed by atoms with Gasteiger partial charge in [-0.3, -0.25) is 5.32 Å². The van der Waals surface area contributed by atoms with Gasteiger partial charge in [-0.05, 0) is 45.3 Å². The Bertz CT molecular complexity index is 536. The van der Waals surface area contributed by atoms with Crippen molar-refractivity contribution in [1.29, 1.82) is 0 Å². The van der Waals surface area contributed by atoms with Crippen molar-refractivity contribution in [1.82, 2.24) is 10.2 Å². The highest BCUT2D eigenvalue weighted by Gasteiger charge is 2.20. The van der Waals surface area contributed by atoms with Crippen LogP contribution in [0.4, 0.5) is 9.80 Å². The molecule has 0 bridgehead atoms. The van der Waals surface area contributed by atoms with Crippen LogP contribution in [0.3, 0.4) is 0 Å². The first-order chi connectivity index (χ1) is 9.99. The highest BCUT2D eigenvalue weighted by Crippen LogP contribution is 2.32. The lowest BCUT2D eigenvalue weighted by atomic mass is 10.1. The molecule has 2 amide bonds. The van der Waals surface area contributed by atoms with Crippen LogP contribution in [0.15, 0.2) is 0 Å². The van der Waals surface area contributed by atoms with Gasteiger partial charge in [-0.2, -0.15) is 0 Å². The summed E-state index contributed by atoms with van der Waals surface area (Å²) in [6.07, 6.45) is 2.45. The van der Waals surface area contributed by atoms with Crippen LogP contribution in [0.25, 0.3) is 0 Å². The number of nitrogens with one attached hydrogen (secondary N) is 2. The number of nitrogens with zero attached hydrogens (tertiary/aromatic N) is 1. The summed E-state index contributed by atoms with van der Waals surface area (Å²) in [5, 5.41) is 15.0. The highest BCUT2D eigenvalue weighted by molar-refractivity contribution is 7.16. The van der Waals surface area contributed by atoms with E-state index in [1.165, 1.54) is 24.2 Å². The number of thiophene rings is 1. The molecule has 7 heteroatoms. The molecule has 1 aliphatic rings. The van der Waals surface area contributed by atoms with Crippen LogP contribution in [0.5, 0.6) is 0 Å². The maximum absolute atomic E-state index is 11.9. The first kappa shape index (κ1) is 15.8. The summed E-state index contributed by atoms with van der Waals surface area (Å²) >= 11 is 1.29. The fraction of sp³-hybridized carbons (Fsp3) is 0.571. The van der Waals surface area contributed by atoms with Gasteiger partial charge in [0, 0.05) is 18.0 Å². The molecule has 1 aromatic heterocycles. The van der Waals surface area contributed by atoms with Crippen LogP contribution in [-0.4, -0.2) is 48.2 Å². The van der Waals surface area contributed by atoms with Gasteiger partial charge in [0.2, 0.25) is 0 Å². The van der Waals surface area contributed by atoms with Crippen molar-refractivity contribution in [2.45, 2.75) is 26.7 Å². The zero-order chi connectivity index (χ0) is 15.4. The number of amides is 2. The number of hydrogen-bond acceptors (Lipinski definition) is 4. The van der Waals surface area contributed by atoms with Crippen molar-refractivity contribution in [3.8, 4) is 0 Å². The van der Waals surface area contributed by atoms with Crippen LogP contribution in [0, 0.1) is 13.8 Å². The maximum Gasteiger partial charge on any atom is 0.338 e. The van der Waals surface area contributed by atoms with Crippen LogP contribution < -0.4 is 10.6 Å². The largest absolute Gasteiger partial charge is 0.478 e. The number of likely N-dealkylation sites (tertiary alicyclic amines) is 1. The topological polar surface area (TPSA) is 81.7 Å². The summed E-state index contributed by atoms with van der Waals surface area (Å²) in [5.74, 6) is -1.01. The van der Waals surface area contributed by atoms with E-state index in [9.17, 15) is 14.7 Å². The van der Waals surface area contributed by atoms with Gasteiger partial charge >= 0.3 is 12.0 Å². The van der Waals surface area contributed by atoms with E-state index in [-0.39, 0.29) is 11.6 Å². The molecule has 1 aliphatic heterocycles. The summed E-state index contributed by atoms with van der Waals surface area (Å²) in [6, 6.07) is -0.349. The Kier molecular flexibility index (Phi) is 5.19. The molecule has 0 aromatic carbocycles. The standard InChI is InChI=1S/C14H21N3O3S/c1-9-10(2)21-12(11(9)13(18)19)16-14(20)15-5-8-17-6-3-4-7-17/h3-8H2,1-2H3,(H,18,19)(H2,15,16,20). The molecule has 0 radical (unpaired) electrons. The minimum atomic E-state index is -1.01. The molecular formula is C14H21N3O3S. The third kappa shape index (κ3) is 3.95.